The fourth-order valence-corrected chi connectivity index (χ4v) is 5.32. The van der Waals surface area contributed by atoms with Gasteiger partial charge in [-0.15, -0.1) is 11.1 Å². The summed E-state index contributed by atoms with van der Waals surface area (Å²) in [6.07, 6.45) is 2.10. The van der Waals surface area contributed by atoms with Crippen LogP contribution in [0.15, 0.2) is 133 Å². The molecule has 43 heavy (non-hydrogen) atoms. The molecule has 2 nitrogen and oxygen atoms in total. The Morgan fingerprint density at radius 1 is 0.465 bits per heavy atom. The predicted molar refractivity (Wildman–Crippen MR) is 173 cm³/mol. The molecule has 0 aromatic heterocycles. The Hall–Kier alpha value is -3.62. The van der Waals surface area contributed by atoms with Crippen LogP contribution in [0.2, 0.25) is 10.0 Å². The first-order valence-electron chi connectivity index (χ1n) is 13.5. The first-order chi connectivity index (χ1) is 20.5. The van der Waals surface area contributed by atoms with Gasteiger partial charge in [-0.05, 0) is 49.2 Å². The van der Waals surface area contributed by atoms with Crippen molar-refractivity contribution in [2.45, 2.75) is 12.8 Å². The number of aromatic hydroxyl groups is 2. The molecule has 6 aromatic carbocycles. The van der Waals surface area contributed by atoms with Gasteiger partial charge in [0.2, 0.25) is 0 Å². The minimum absolute atomic E-state index is 0. The number of fused-ring (bicyclic) bond motifs is 6. The van der Waals surface area contributed by atoms with E-state index in [1.54, 1.807) is 36.4 Å². The van der Waals surface area contributed by atoms with Crippen molar-refractivity contribution in [1.82, 2.24) is 0 Å². The van der Waals surface area contributed by atoms with E-state index in [-0.39, 0.29) is 37.7 Å². The first-order valence-corrected chi connectivity index (χ1v) is 14.3. The van der Waals surface area contributed by atoms with Crippen LogP contribution in [-0.4, -0.2) is 10.2 Å². The van der Waals surface area contributed by atoms with Crippen LogP contribution >= 0.6 is 23.2 Å². The van der Waals surface area contributed by atoms with E-state index >= 15 is 0 Å². The molecule has 210 valence electrons. The minimum atomic E-state index is 0. The summed E-state index contributed by atoms with van der Waals surface area (Å²) in [6.45, 7) is 0. The normalized spacial score (nSPS) is 10.8. The van der Waals surface area contributed by atoms with Crippen molar-refractivity contribution in [3.8, 4) is 33.8 Å². The van der Waals surface area contributed by atoms with E-state index in [0.29, 0.717) is 10.0 Å². The van der Waals surface area contributed by atoms with E-state index in [0.717, 1.165) is 12.8 Å². The molecule has 0 atom stereocenters. The SMILES string of the molecule is Oc1cccc(Cl)c1.Oc1cccc(Cl)c1.[Zr+2].[c-]1cccc2c1Cc1ccccc1-2.[c-]1cccc2c1Cc1ccccc1-2. The third-order valence-corrected chi connectivity index (χ3v) is 7.32. The topological polar surface area (TPSA) is 40.5 Å². The zero-order valence-corrected chi connectivity index (χ0v) is 27.2. The Balaban J connectivity index is 0.000000134. The monoisotopic (exact) mass is 676 g/mol. The molecule has 0 spiro atoms. The van der Waals surface area contributed by atoms with Crippen LogP contribution in [0.3, 0.4) is 0 Å². The Labute approximate surface area is 282 Å². The Kier molecular flexibility index (Phi) is 11.8. The Morgan fingerprint density at radius 2 is 0.860 bits per heavy atom. The summed E-state index contributed by atoms with van der Waals surface area (Å²) in [5.41, 5.74) is 11.0. The van der Waals surface area contributed by atoms with Crippen molar-refractivity contribution < 1.29 is 36.4 Å². The number of halogens is 2. The summed E-state index contributed by atoms with van der Waals surface area (Å²) in [7, 11) is 0. The second-order valence-electron chi connectivity index (χ2n) is 9.75. The predicted octanol–water partition coefficient (Wildman–Crippen LogP) is 10.2. The van der Waals surface area contributed by atoms with Gasteiger partial charge in [-0.1, -0.05) is 106 Å². The largest absolute Gasteiger partial charge is 2.00 e. The zero-order valence-electron chi connectivity index (χ0n) is 23.3. The van der Waals surface area contributed by atoms with Crippen molar-refractivity contribution in [2.75, 3.05) is 0 Å². The van der Waals surface area contributed by atoms with Crippen LogP contribution < -0.4 is 0 Å². The Morgan fingerprint density at radius 3 is 1.23 bits per heavy atom. The quantitative estimate of drug-likeness (QED) is 0.157. The summed E-state index contributed by atoms with van der Waals surface area (Å²) in [5.74, 6) is 0.412. The van der Waals surface area contributed by atoms with E-state index in [2.05, 4.69) is 84.9 Å². The summed E-state index contributed by atoms with van der Waals surface area (Å²) in [4.78, 5) is 0. The molecule has 0 saturated carbocycles. The Bertz CT molecular complexity index is 1550. The van der Waals surface area contributed by atoms with Crippen LogP contribution in [0.5, 0.6) is 11.5 Å². The van der Waals surface area contributed by atoms with Gasteiger partial charge in [0.25, 0.3) is 0 Å². The second kappa shape index (κ2) is 15.7. The van der Waals surface area contributed by atoms with Crippen molar-refractivity contribution in [2.24, 2.45) is 0 Å². The summed E-state index contributed by atoms with van der Waals surface area (Å²) >= 11 is 11.0. The molecule has 0 amide bonds. The van der Waals surface area contributed by atoms with E-state index in [4.69, 9.17) is 33.4 Å². The van der Waals surface area contributed by atoms with Crippen LogP contribution in [-0.2, 0) is 39.0 Å². The summed E-state index contributed by atoms with van der Waals surface area (Å²) < 4.78 is 0. The fourth-order valence-electron chi connectivity index (χ4n) is 4.95. The summed E-state index contributed by atoms with van der Waals surface area (Å²) in [6, 6.07) is 49.1. The van der Waals surface area contributed by atoms with Gasteiger partial charge in [0.05, 0.1) is 0 Å². The van der Waals surface area contributed by atoms with Gasteiger partial charge in [-0.2, -0.15) is 59.7 Å². The molecule has 0 fully saturated rings. The average Bonchev–Trinajstić information content (AvgIpc) is 3.57. The molecule has 0 unspecified atom stereocenters. The molecule has 5 heteroatoms. The number of phenols is 2. The number of rotatable bonds is 0. The van der Waals surface area contributed by atoms with Crippen LogP contribution in [0.25, 0.3) is 22.3 Å². The fraction of sp³-hybridized carbons (Fsp3) is 0.0526. The molecule has 2 N–H and O–H groups in total. The average molecular weight is 679 g/mol. The maximum Gasteiger partial charge on any atom is 2.00 e. The van der Waals surface area contributed by atoms with Crippen molar-refractivity contribution in [1.29, 1.82) is 0 Å². The van der Waals surface area contributed by atoms with Gasteiger partial charge < -0.3 is 10.2 Å². The number of phenolic OH excluding ortho intramolecular Hbond substituents is 2. The van der Waals surface area contributed by atoms with Gasteiger partial charge in [0.15, 0.2) is 0 Å². The molecular formula is C38H28Cl2O2Zr. The molecule has 2 aliphatic rings. The van der Waals surface area contributed by atoms with Crippen LogP contribution in [0.1, 0.15) is 22.3 Å². The maximum absolute atomic E-state index is 8.73. The van der Waals surface area contributed by atoms with E-state index in [9.17, 15) is 0 Å². The zero-order chi connectivity index (χ0) is 29.3. The number of hydrogen-bond donors (Lipinski definition) is 2. The van der Waals surface area contributed by atoms with E-state index in [1.807, 2.05) is 12.1 Å². The van der Waals surface area contributed by atoms with Gasteiger partial charge in [-0.3, -0.25) is 0 Å². The van der Waals surface area contributed by atoms with E-state index < -0.39 is 0 Å². The molecule has 6 aromatic rings. The molecule has 8 rings (SSSR count). The third kappa shape index (κ3) is 8.71. The molecule has 0 aliphatic heterocycles. The third-order valence-electron chi connectivity index (χ3n) is 6.85. The molecule has 0 bridgehead atoms. The van der Waals surface area contributed by atoms with Gasteiger partial charge in [0, 0.05) is 10.0 Å². The molecule has 0 saturated heterocycles. The molecule has 2 aliphatic carbocycles. The van der Waals surface area contributed by atoms with Crippen molar-refractivity contribution in [3.63, 3.8) is 0 Å². The minimum Gasteiger partial charge on any atom is -0.508 e. The maximum atomic E-state index is 8.73. The van der Waals surface area contributed by atoms with Gasteiger partial charge in [0.1, 0.15) is 11.5 Å². The van der Waals surface area contributed by atoms with E-state index in [1.165, 1.54) is 56.6 Å². The van der Waals surface area contributed by atoms with Crippen LogP contribution in [0, 0.1) is 12.1 Å². The molecule has 0 radical (unpaired) electrons. The number of hydrogen-bond acceptors (Lipinski definition) is 2. The molecular weight excluding hydrogens is 651 g/mol. The molecule has 0 heterocycles. The van der Waals surface area contributed by atoms with Gasteiger partial charge >= 0.3 is 26.2 Å². The second-order valence-corrected chi connectivity index (χ2v) is 10.6. The van der Waals surface area contributed by atoms with Crippen molar-refractivity contribution >= 4 is 23.2 Å². The van der Waals surface area contributed by atoms with Crippen LogP contribution in [0.4, 0.5) is 0 Å². The van der Waals surface area contributed by atoms with Gasteiger partial charge in [-0.25, -0.2) is 0 Å². The first kappa shape index (κ1) is 32.3. The summed E-state index contributed by atoms with van der Waals surface area (Å²) in [5, 5.41) is 18.6. The smallest absolute Gasteiger partial charge is 0.508 e. The number of benzene rings is 6. The standard InChI is InChI=1S/2C13H9.2C6H5ClO.Zr/c2*1-3-7-12-10(5-1)9-11-6-2-4-8-13(11)12;2*7-5-2-1-3-6(8)4-5;/h2*1-5,7-8H,9H2;2*1-4,8H;/q2*-1;;;+2. The van der Waals surface area contributed by atoms with Crippen molar-refractivity contribution in [3.05, 3.63) is 178 Å².